The van der Waals surface area contributed by atoms with E-state index in [9.17, 15) is 9.90 Å². The molecule has 0 amide bonds. The number of nitrogens with one attached hydrogen (secondary N) is 1. The van der Waals surface area contributed by atoms with Crippen LogP contribution in [-0.4, -0.2) is 31.7 Å². The summed E-state index contributed by atoms with van der Waals surface area (Å²) < 4.78 is 3.41. The molecule has 37 heavy (non-hydrogen) atoms. The Morgan fingerprint density at radius 1 is 0.919 bits per heavy atom. The number of benzene rings is 3. The van der Waals surface area contributed by atoms with E-state index in [1.165, 1.54) is 5.56 Å². The Morgan fingerprint density at radius 2 is 1.65 bits per heavy atom. The van der Waals surface area contributed by atoms with Crippen LogP contribution >= 0.6 is 0 Å². The minimum atomic E-state index is -1.21. The number of nitrogens with zero attached hydrogens (tertiary/aromatic N) is 4. The zero-order valence-corrected chi connectivity index (χ0v) is 20.9. The van der Waals surface area contributed by atoms with Crippen molar-refractivity contribution in [2.75, 3.05) is 0 Å². The Kier molecular flexibility index (Phi) is 7.58. The van der Waals surface area contributed by atoms with Gasteiger partial charge in [-0.1, -0.05) is 92.2 Å². The number of amidine groups is 1. The zero-order chi connectivity index (χ0) is 25.6. The van der Waals surface area contributed by atoms with Gasteiger partial charge in [0.25, 0.3) is 6.41 Å². The maximum atomic E-state index is 13.3. The first-order valence-corrected chi connectivity index (χ1v) is 12.7. The van der Waals surface area contributed by atoms with Crippen molar-refractivity contribution < 1.29 is 9.94 Å². The van der Waals surface area contributed by atoms with E-state index in [-0.39, 0.29) is 5.69 Å². The first kappa shape index (κ1) is 24.7. The standard InChI is InChI=1S/C29H31N5O3/c1-2-3-13-26-31-34(19-18-21-9-5-4-6-10-21)29(36)33(26)20-22-14-16-23(17-15-22)24-11-7-8-12-25(24)27-30-28(35)37-32-27/h4-12,14-17,28,35H,2-3,13,18-20H2,1H3,(H,30,32). The average Bonchev–Trinajstić information content (AvgIpc) is 3.50. The lowest BCUT2D eigenvalue weighted by Crippen LogP contribution is -2.26. The topological polar surface area (TPSA) is 93.7 Å². The van der Waals surface area contributed by atoms with Crippen molar-refractivity contribution >= 4 is 5.84 Å². The molecule has 8 nitrogen and oxygen atoms in total. The van der Waals surface area contributed by atoms with Crippen LogP contribution in [0.3, 0.4) is 0 Å². The fraction of sp³-hybridized carbons (Fsp3) is 0.276. The van der Waals surface area contributed by atoms with Crippen LogP contribution in [0.25, 0.3) is 11.1 Å². The van der Waals surface area contributed by atoms with Gasteiger partial charge in [0.2, 0.25) is 0 Å². The van der Waals surface area contributed by atoms with Gasteiger partial charge in [-0.2, -0.15) is 5.10 Å². The Bertz CT molecular complexity index is 1420. The van der Waals surface area contributed by atoms with Crippen LogP contribution in [0.2, 0.25) is 0 Å². The van der Waals surface area contributed by atoms with Crippen LogP contribution in [0.1, 0.15) is 42.3 Å². The predicted molar refractivity (Wildman–Crippen MR) is 143 cm³/mol. The highest BCUT2D eigenvalue weighted by Gasteiger charge is 2.19. The van der Waals surface area contributed by atoms with E-state index in [4.69, 9.17) is 9.94 Å². The number of hydrogen-bond donors (Lipinski definition) is 2. The number of aryl methyl sites for hydroxylation is 3. The first-order valence-electron chi connectivity index (χ1n) is 12.7. The van der Waals surface area contributed by atoms with Crippen molar-refractivity contribution in [1.29, 1.82) is 0 Å². The zero-order valence-electron chi connectivity index (χ0n) is 20.9. The molecule has 8 heteroatoms. The number of aromatic nitrogens is 3. The lowest BCUT2D eigenvalue weighted by Gasteiger charge is -2.11. The lowest BCUT2D eigenvalue weighted by atomic mass is 9.98. The summed E-state index contributed by atoms with van der Waals surface area (Å²) in [4.78, 5) is 22.3. The maximum Gasteiger partial charge on any atom is 0.346 e. The molecule has 2 N–H and O–H groups in total. The minimum Gasteiger partial charge on any atom is -0.348 e. The van der Waals surface area contributed by atoms with Crippen LogP contribution in [0.5, 0.6) is 0 Å². The van der Waals surface area contributed by atoms with Crippen molar-refractivity contribution in [3.8, 4) is 11.1 Å². The van der Waals surface area contributed by atoms with Crippen LogP contribution in [0.15, 0.2) is 88.6 Å². The molecule has 0 fully saturated rings. The van der Waals surface area contributed by atoms with Crippen LogP contribution in [0, 0.1) is 0 Å². The van der Waals surface area contributed by atoms with Crippen LogP contribution in [0.4, 0.5) is 0 Å². The molecule has 1 aliphatic heterocycles. The van der Waals surface area contributed by atoms with Gasteiger partial charge in [0.15, 0.2) is 5.84 Å². The second kappa shape index (κ2) is 11.4. The molecule has 1 aromatic heterocycles. The van der Waals surface area contributed by atoms with E-state index in [1.54, 1.807) is 9.25 Å². The Hall–Kier alpha value is -4.01. The van der Waals surface area contributed by atoms with Gasteiger partial charge >= 0.3 is 5.69 Å². The van der Waals surface area contributed by atoms with Gasteiger partial charge in [-0.25, -0.2) is 24.8 Å². The van der Waals surface area contributed by atoms with E-state index in [0.717, 1.165) is 53.8 Å². The fourth-order valence-electron chi connectivity index (χ4n) is 4.50. The molecule has 0 saturated heterocycles. The molecular formula is C29H31N5O3. The first-order chi connectivity index (χ1) is 18.1. The van der Waals surface area contributed by atoms with Crippen LogP contribution < -0.4 is 11.2 Å². The van der Waals surface area contributed by atoms with Gasteiger partial charge in [-0.15, -0.1) is 0 Å². The third-order valence-corrected chi connectivity index (χ3v) is 6.50. The minimum absolute atomic E-state index is 0.0691. The third-order valence-electron chi connectivity index (χ3n) is 6.50. The van der Waals surface area contributed by atoms with Crippen molar-refractivity contribution in [2.24, 2.45) is 4.99 Å². The summed E-state index contributed by atoms with van der Waals surface area (Å²) in [7, 11) is 0. The van der Waals surface area contributed by atoms with E-state index >= 15 is 0 Å². The third kappa shape index (κ3) is 5.71. The Morgan fingerprint density at radius 3 is 2.35 bits per heavy atom. The molecule has 1 aliphatic rings. The molecular weight excluding hydrogens is 466 g/mol. The van der Waals surface area contributed by atoms with Gasteiger partial charge in [-0.05, 0) is 35.1 Å². The number of hydrogen-bond acceptors (Lipinski definition) is 6. The fourth-order valence-corrected chi connectivity index (χ4v) is 4.50. The highest BCUT2D eigenvalue weighted by Crippen LogP contribution is 2.25. The molecule has 0 radical (unpaired) electrons. The monoisotopic (exact) mass is 497 g/mol. The number of aliphatic hydroxyl groups excluding tert-OH is 1. The number of hydroxylamine groups is 1. The molecule has 0 bridgehead atoms. The van der Waals surface area contributed by atoms with Crippen molar-refractivity contribution in [3.63, 3.8) is 0 Å². The van der Waals surface area contributed by atoms with Crippen molar-refractivity contribution in [1.82, 2.24) is 19.8 Å². The Balaban J connectivity index is 1.37. The molecule has 0 saturated carbocycles. The summed E-state index contributed by atoms with van der Waals surface area (Å²) in [5.41, 5.74) is 7.63. The van der Waals surface area contributed by atoms with Gasteiger partial charge in [-0.3, -0.25) is 4.57 Å². The maximum absolute atomic E-state index is 13.3. The summed E-state index contributed by atoms with van der Waals surface area (Å²) >= 11 is 0. The normalized spacial score (nSPS) is 15.0. The van der Waals surface area contributed by atoms with Crippen molar-refractivity contribution in [3.05, 3.63) is 112 Å². The highest BCUT2D eigenvalue weighted by atomic mass is 16.7. The number of unbranched alkanes of at least 4 members (excludes halogenated alkanes) is 1. The number of rotatable bonds is 10. The average molecular weight is 498 g/mol. The molecule has 0 aliphatic carbocycles. The molecule has 3 aromatic carbocycles. The quantitative estimate of drug-likeness (QED) is 0.347. The molecule has 4 aromatic rings. The van der Waals surface area contributed by atoms with E-state index in [1.807, 2.05) is 66.7 Å². The van der Waals surface area contributed by atoms with Gasteiger partial charge < -0.3 is 5.11 Å². The van der Waals surface area contributed by atoms with Gasteiger partial charge in [0.1, 0.15) is 5.82 Å². The SMILES string of the molecule is CCCCc1nn(CCc2ccccc2)c(=O)n1Cc1ccc(-c2ccccc2C2=NC(O)ON2)cc1. The molecule has 1 atom stereocenters. The molecule has 190 valence electrons. The van der Waals surface area contributed by atoms with Crippen LogP contribution in [-0.2, 0) is 30.8 Å². The van der Waals surface area contributed by atoms with E-state index in [0.29, 0.717) is 18.9 Å². The summed E-state index contributed by atoms with van der Waals surface area (Å²) in [6.07, 6.45) is 2.36. The second-order valence-electron chi connectivity index (χ2n) is 9.11. The van der Waals surface area contributed by atoms with Gasteiger partial charge in [0.05, 0.1) is 13.1 Å². The van der Waals surface area contributed by atoms with E-state index < -0.39 is 6.41 Å². The summed E-state index contributed by atoms with van der Waals surface area (Å²) in [6.45, 7) is 3.17. The smallest absolute Gasteiger partial charge is 0.346 e. The molecule has 5 rings (SSSR count). The Labute approximate surface area is 215 Å². The number of aliphatic hydroxyl groups is 1. The largest absolute Gasteiger partial charge is 0.348 e. The summed E-state index contributed by atoms with van der Waals surface area (Å²) in [6, 6.07) is 26.1. The molecule has 2 heterocycles. The highest BCUT2D eigenvalue weighted by molar-refractivity contribution is 6.04. The summed E-state index contributed by atoms with van der Waals surface area (Å²) in [5, 5.41) is 14.3. The molecule has 0 spiro atoms. The predicted octanol–water partition coefficient (Wildman–Crippen LogP) is 3.90. The lowest BCUT2D eigenvalue weighted by molar-refractivity contribution is -0.102. The van der Waals surface area contributed by atoms with Gasteiger partial charge in [0, 0.05) is 12.0 Å². The summed E-state index contributed by atoms with van der Waals surface area (Å²) in [5.74, 6) is 1.32. The number of aliphatic imine (C=N–C) groups is 1. The molecule has 1 unspecified atom stereocenters. The second-order valence-corrected chi connectivity index (χ2v) is 9.11. The van der Waals surface area contributed by atoms with Crippen molar-refractivity contribution in [2.45, 2.75) is 52.1 Å². The van der Waals surface area contributed by atoms with E-state index in [2.05, 4.69) is 29.5 Å².